The lowest BCUT2D eigenvalue weighted by Crippen LogP contribution is -2.28. The predicted molar refractivity (Wildman–Crippen MR) is 99.0 cm³/mol. The number of nitrogens with one attached hydrogen (secondary N) is 1. The number of aryl methyl sites for hydroxylation is 2. The van der Waals surface area contributed by atoms with Crippen LogP contribution in [-0.4, -0.2) is 23.3 Å². The van der Waals surface area contributed by atoms with Crippen LogP contribution in [0.1, 0.15) is 17.9 Å². The van der Waals surface area contributed by atoms with Crippen molar-refractivity contribution in [1.29, 1.82) is 0 Å². The Morgan fingerprint density at radius 1 is 1.23 bits per heavy atom. The summed E-state index contributed by atoms with van der Waals surface area (Å²) in [5, 5.41) is 2.93. The lowest BCUT2D eigenvalue weighted by atomic mass is 10.1. The summed E-state index contributed by atoms with van der Waals surface area (Å²) in [5.74, 6) is 0.0141. The molecule has 4 rings (SSSR count). The van der Waals surface area contributed by atoms with Crippen LogP contribution in [0.5, 0.6) is 0 Å². The maximum absolute atomic E-state index is 12.6. The van der Waals surface area contributed by atoms with E-state index in [1.807, 2.05) is 43.3 Å². The van der Waals surface area contributed by atoms with E-state index in [9.17, 15) is 9.59 Å². The second-order valence-electron chi connectivity index (χ2n) is 6.59. The Kier molecular flexibility index (Phi) is 3.95. The van der Waals surface area contributed by atoms with Crippen molar-refractivity contribution in [2.75, 3.05) is 16.8 Å². The van der Waals surface area contributed by atoms with Crippen LogP contribution in [0.4, 0.5) is 11.4 Å². The molecule has 0 bridgehead atoms. The molecule has 2 heterocycles. The molecule has 0 spiro atoms. The van der Waals surface area contributed by atoms with Gasteiger partial charge >= 0.3 is 0 Å². The number of fused-ring (bicyclic) bond motifs is 1. The van der Waals surface area contributed by atoms with Crippen LogP contribution >= 0.6 is 0 Å². The van der Waals surface area contributed by atoms with Gasteiger partial charge in [-0.2, -0.15) is 0 Å². The fraction of sp³-hybridized carbons (Fsp3) is 0.250. The number of benzene rings is 2. The zero-order valence-electron chi connectivity index (χ0n) is 14.7. The van der Waals surface area contributed by atoms with Crippen molar-refractivity contribution < 1.29 is 14.0 Å². The highest BCUT2D eigenvalue weighted by Crippen LogP contribution is 2.29. The van der Waals surface area contributed by atoms with E-state index in [4.69, 9.17) is 4.42 Å². The first-order chi connectivity index (χ1) is 12.5. The highest BCUT2D eigenvalue weighted by Gasteiger charge is 2.35. The molecule has 0 radical (unpaired) electrons. The van der Waals surface area contributed by atoms with Crippen molar-refractivity contribution in [3.63, 3.8) is 0 Å². The van der Waals surface area contributed by atoms with Crippen LogP contribution in [0.25, 0.3) is 11.1 Å². The summed E-state index contributed by atoms with van der Waals surface area (Å²) in [4.78, 5) is 31.0. The van der Waals surface area contributed by atoms with Gasteiger partial charge in [0.1, 0.15) is 5.52 Å². The van der Waals surface area contributed by atoms with Crippen LogP contribution in [0.2, 0.25) is 0 Å². The molecule has 26 heavy (non-hydrogen) atoms. The quantitative estimate of drug-likeness (QED) is 0.786. The van der Waals surface area contributed by atoms with Crippen LogP contribution in [0.3, 0.4) is 0 Å². The van der Waals surface area contributed by atoms with E-state index in [1.165, 1.54) is 0 Å². The predicted octanol–water partition coefficient (Wildman–Crippen LogP) is 3.44. The van der Waals surface area contributed by atoms with Crippen molar-refractivity contribution in [2.45, 2.75) is 20.3 Å². The van der Waals surface area contributed by atoms with Gasteiger partial charge in [-0.05, 0) is 36.8 Å². The number of para-hydroxylation sites is 1. The van der Waals surface area contributed by atoms with E-state index in [1.54, 1.807) is 17.9 Å². The van der Waals surface area contributed by atoms with Crippen molar-refractivity contribution in [2.24, 2.45) is 5.92 Å². The SMILES string of the molecule is Cc1nc2cc(N3CC(C(=O)Nc4ccccc4C)CC3=O)ccc2o1. The van der Waals surface area contributed by atoms with Crippen molar-refractivity contribution >= 4 is 34.3 Å². The molecule has 0 saturated carbocycles. The zero-order chi connectivity index (χ0) is 18.3. The minimum atomic E-state index is -0.378. The van der Waals surface area contributed by atoms with Crippen molar-refractivity contribution in [3.05, 3.63) is 53.9 Å². The first-order valence-corrected chi connectivity index (χ1v) is 8.55. The molecular formula is C20H19N3O3. The first kappa shape index (κ1) is 16.3. The molecule has 1 saturated heterocycles. The molecule has 2 amide bonds. The topological polar surface area (TPSA) is 75.4 Å². The number of aromatic nitrogens is 1. The maximum Gasteiger partial charge on any atom is 0.229 e. The molecule has 0 aliphatic carbocycles. The third-order valence-electron chi connectivity index (χ3n) is 4.69. The monoisotopic (exact) mass is 349 g/mol. The molecule has 132 valence electrons. The van der Waals surface area contributed by atoms with Gasteiger partial charge in [0.25, 0.3) is 0 Å². The van der Waals surface area contributed by atoms with Gasteiger partial charge in [0.15, 0.2) is 11.5 Å². The minimum Gasteiger partial charge on any atom is -0.441 e. The third-order valence-corrected chi connectivity index (χ3v) is 4.69. The van der Waals surface area contributed by atoms with Gasteiger partial charge in [0.2, 0.25) is 11.8 Å². The number of nitrogens with zero attached hydrogens (tertiary/aromatic N) is 2. The Morgan fingerprint density at radius 3 is 2.85 bits per heavy atom. The number of hydrogen-bond donors (Lipinski definition) is 1. The Hall–Kier alpha value is -3.15. The van der Waals surface area contributed by atoms with E-state index < -0.39 is 0 Å². The highest BCUT2D eigenvalue weighted by molar-refractivity contribution is 6.04. The van der Waals surface area contributed by atoms with E-state index in [0.29, 0.717) is 23.5 Å². The van der Waals surface area contributed by atoms with Gasteiger partial charge in [0.05, 0.1) is 5.92 Å². The average Bonchev–Trinajstić information content (AvgIpc) is 3.18. The Balaban J connectivity index is 1.52. The van der Waals surface area contributed by atoms with Crippen molar-refractivity contribution in [3.8, 4) is 0 Å². The number of carbonyl (C=O) groups is 2. The average molecular weight is 349 g/mol. The summed E-state index contributed by atoms with van der Waals surface area (Å²) in [6.45, 7) is 4.09. The lowest BCUT2D eigenvalue weighted by molar-refractivity contribution is -0.122. The molecule has 1 N–H and O–H groups in total. The number of carbonyl (C=O) groups excluding carboxylic acids is 2. The lowest BCUT2D eigenvalue weighted by Gasteiger charge is -2.17. The number of hydrogen-bond acceptors (Lipinski definition) is 4. The smallest absolute Gasteiger partial charge is 0.229 e. The van der Waals surface area contributed by atoms with Gasteiger partial charge in [0, 0.05) is 31.3 Å². The molecule has 6 nitrogen and oxygen atoms in total. The van der Waals surface area contributed by atoms with E-state index in [-0.39, 0.29) is 24.2 Å². The number of rotatable bonds is 3. The Bertz CT molecular complexity index is 1010. The molecule has 6 heteroatoms. The van der Waals surface area contributed by atoms with Gasteiger partial charge in [-0.15, -0.1) is 0 Å². The van der Waals surface area contributed by atoms with Gasteiger partial charge < -0.3 is 14.6 Å². The molecule has 3 aromatic rings. The number of anilines is 2. The van der Waals surface area contributed by atoms with Gasteiger partial charge in [-0.1, -0.05) is 18.2 Å². The fourth-order valence-corrected chi connectivity index (χ4v) is 3.28. The summed E-state index contributed by atoms with van der Waals surface area (Å²) in [5.41, 5.74) is 3.91. The molecular weight excluding hydrogens is 330 g/mol. The largest absolute Gasteiger partial charge is 0.441 e. The fourth-order valence-electron chi connectivity index (χ4n) is 3.28. The third kappa shape index (κ3) is 2.94. The van der Waals surface area contributed by atoms with Crippen molar-refractivity contribution in [1.82, 2.24) is 4.98 Å². The molecule has 1 unspecified atom stereocenters. The van der Waals surface area contributed by atoms with Crippen LogP contribution in [-0.2, 0) is 9.59 Å². The normalized spacial score (nSPS) is 17.1. The molecule has 1 atom stereocenters. The first-order valence-electron chi connectivity index (χ1n) is 8.55. The second-order valence-corrected chi connectivity index (χ2v) is 6.59. The maximum atomic E-state index is 12.6. The Morgan fingerprint density at radius 2 is 2.04 bits per heavy atom. The molecule has 1 aliphatic rings. The Labute approximate surface area is 150 Å². The van der Waals surface area contributed by atoms with Crippen LogP contribution < -0.4 is 10.2 Å². The molecule has 1 aliphatic heterocycles. The van der Waals surface area contributed by atoms with Gasteiger partial charge in [-0.25, -0.2) is 4.98 Å². The number of amides is 2. The summed E-state index contributed by atoms with van der Waals surface area (Å²) in [6.07, 6.45) is 0.202. The van der Waals surface area contributed by atoms with Crippen LogP contribution in [0.15, 0.2) is 46.9 Å². The standard InChI is InChI=1S/C20H19N3O3/c1-12-5-3-4-6-16(12)22-20(25)14-9-19(24)23(11-14)15-7-8-18-17(10-15)21-13(2)26-18/h3-8,10,14H,9,11H2,1-2H3,(H,22,25). The molecule has 1 fully saturated rings. The highest BCUT2D eigenvalue weighted by atomic mass is 16.3. The summed E-state index contributed by atoms with van der Waals surface area (Å²) in [6, 6.07) is 13.1. The van der Waals surface area contributed by atoms with Crippen LogP contribution in [0, 0.1) is 19.8 Å². The van der Waals surface area contributed by atoms with E-state index in [0.717, 1.165) is 16.9 Å². The minimum absolute atomic E-state index is 0.0606. The van der Waals surface area contributed by atoms with E-state index >= 15 is 0 Å². The van der Waals surface area contributed by atoms with Gasteiger partial charge in [-0.3, -0.25) is 9.59 Å². The van der Waals surface area contributed by atoms with E-state index in [2.05, 4.69) is 10.3 Å². The molecule has 2 aromatic carbocycles. The molecule has 1 aromatic heterocycles. The second kappa shape index (κ2) is 6.29. The summed E-state index contributed by atoms with van der Waals surface area (Å²) in [7, 11) is 0. The summed E-state index contributed by atoms with van der Waals surface area (Å²) < 4.78 is 5.47. The number of oxazole rings is 1. The summed E-state index contributed by atoms with van der Waals surface area (Å²) >= 11 is 0. The zero-order valence-corrected chi connectivity index (χ0v) is 14.7.